The van der Waals surface area contributed by atoms with Gasteiger partial charge in [-0.15, -0.1) is 0 Å². The number of nitrogens with zero attached hydrogens (tertiary/aromatic N) is 2. The van der Waals surface area contributed by atoms with Gasteiger partial charge in [-0.1, -0.05) is 37.5 Å². The minimum atomic E-state index is -0.785. The summed E-state index contributed by atoms with van der Waals surface area (Å²) in [5, 5.41) is 0. The molecule has 1 saturated heterocycles. The number of rotatable bonds is 5. The first-order valence-corrected chi connectivity index (χ1v) is 9.90. The molecule has 1 saturated carbocycles. The van der Waals surface area contributed by atoms with Gasteiger partial charge in [0.15, 0.2) is 0 Å². The Morgan fingerprint density at radius 1 is 1.04 bits per heavy atom. The largest absolute Gasteiger partial charge is 0.467 e. The zero-order valence-electron chi connectivity index (χ0n) is 15.8. The predicted octanol–water partition coefficient (Wildman–Crippen LogP) is 3.52. The van der Waals surface area contributed by atoms with Gasteiger partial charge in [0.25, 0.3) is 5.91 Å². The molecule has 2 fully saturated rings. The monoisotopic (exact) mass is 380 g/mol. The number of benzene rings is 1. The van der Waals surface area contributed by atoms with Gasteiger partial charge >= 0.3 is 0 Å². The fraction of sp³-hybridized carbons (Fsp3) is 0.409. The minimum Gasteiger partial charge on any atom is -0.467 e. The van der Waals surface area contributed by atoms with E-state index in [1.165, 1.54) is 4.90 Å². The van der Waals surface area contributed by atoms with Crippen LogP contribution in [0.1, 0.15) is 44.3 Å². The van der Waals surface area contributed by atoms with Gasteiger partial charge in [0.1, 0.15) is 11.8 Å². The van der Waals surface area contributed by atoms with Crippen LogP contribution in [-0.4, -0.2) is 28.7 Å². The highest BCUT2D eigenvalue weighted by molar-refractivity contribution is 6.23. The highest BCUT2D eigenvalue weighted by Crippen LogP contribution is 2.31. The van der Waals surface area contributed by atoms with Crippen molar-refractivity contribution in [3.63, 3.8) is 0 Å². The standard InChI is InChI=1S/C22H24N2O4/c25-20-14-19(22(27)24(20)17-10-5-2-6-11-17)23(15-18-12-7-13-28-18)21(26)16-8-3-1-4-9-16/h2,5-7,10-13,16,19H,1,3-4,8-9,14-15H2. The molecule has 1 aromatic carbocycles. The molecule has 28 heavy (non-hydrogen) atoms. The Morgan fingerprint density at radius 2 is 1.79 bits per heavy atom. The number of hydrogen-bond acceptors (Lipinski definition) is 4. The van der Waals surface area contributed by atoms with Gasteiger partial charge in [-0.25, -0.2) is 4.90 Å². The van der Waals surface area contributed by atoms with Crippen LogP contribution in [0.4, 0.5) is 5.69 Å². The van der Waals surface area contributed by atoms with Gasteiger partial charge in [0, 0.05) is 5.92 Å². The van der Waals surface area contributed by atoms with E-state index in [1.54, 1.807) is 47.6 Å². The van der Waals surface area contributed by atoms with Gasteiger partial charge in [-0.05, 0) is 37.1 Å². The summed E-state index contributed by atoms with van der Waals surface area (Å²) >= 11 is 0. The van der Waals surface area contributed by atoms with Crippen molar-refractivity contribution in [2.75, 3.05) is 4.90 Å². The van der Waals surface area contributed by atoms with E-state index < -0.39 is 6.04 Å². The molecule has 2 aliphatic rings. The summed E-state index contributed by atoms with van der Waals surface area (Å²) in [5.41, 5.74) is 0.545. The number of carbonyl (C=O) groups excluding carboxylic acids is 3. The Labute approximate surface area is 164 Å². The summed E-state index contributed by atoms with van der Waals surface area (Å²) in [6.45, 7) is 0.203. The molecule has 1 aliphatic heterocycles. The third-order valence-electron chi connectivity index (χ3n) is 5.66. The van der Waals surface area contributed by atoms with Crippen molar-refractivity contribution >= 4 is 23.4 Å². The van der Waals surface area contributed by atoms with Gasteiger partial charge in [-0.2, -0.15) is 0 Å². The van der Waals surface area contributed by atoms with Gasteiger partial charge in [-0.3, -0.25) is 14.4 Å². The van der Waals surface area contributed by atoms with Crippen LogP contribution >= 0.6 is 0 Å². The highest BCUT2D eigenvalue weighted by atomic mass is 16.3. The van der Waals surface area contributed by atoms with Crippen molar-refractivity contribution in [3.05, 3.63) is 54.5 Å². The number of anilines is 1. The smallest absolute Gasteiger partial charge is 0.257 e. The van der Waals surface area contributed by atoms with Crippen molar-refractivity contribution in [1.82, 2.24) is 4.90 Å². The Kier molecular flexibility index (Phi) is 5.28. The predicted molar refractivity (Wildman–Crippen MR) is 103 cm³/mol. The average Bonchev–Trinajstić information content (AvgIpc) is 3.34. The molecule has 0 bridgehead atoms. The van der Waals surface area contributed by atoms with E-state index >= 15 is 0 Å². The molecule has 1 atom stereocenters. The fourth-order valence-corrected chi connectivity index (χ4v) is 4.20. The second-order valence-corrected chi connectivity index (χ2v) is 7.50. The summed E-state index contributed by atoms with van der Waals surface area (Å²) in [5.74, 6) is -0.133. The van der Waals surface area contributed by atoms with Crippen LogP contribution in [0.25, 0.3) is 0 Å². The SMILES string of the molecule is O=C1CC(N(Cc2ccco2)C(=O)C2CCCCC2)C(=O)N1c1ccccc1. The Morgan fingerprint density at radius 3 is 2.46 bits per heavy atom. The lowest BCUT2D eigenvalue weighted by molar-refractivity contribution is -0.143. The van der Waals surface area contributed by atoms with E-state index in [9.17, 15) is 14.4 Å². The molecular weight excluding hydrogens is 356 g/mol. The van der Waals surface area contributed by atoms with Crippen LogP contribution in [0.5, 0.6) is 0 Å². The zero-order valence-corrected chi connectivity index (χ0v) is 15.8. The molecule has 2 aromatic rings. The Bertz CT molecular complexity index is 841. The van der Waals surface area contributed by atoms with Crippen LogP contribution in [-0.2, 0) is 20.9 Å². The van der Waals surface area contributed by atoms with E-state index in [2.05, 4.69) is 0 Å². The molecule has 0 spiro atoms. The first-order chi connectivity index (χ1) is 13.6. The summed E-state index contributed by atoms with van der Waals surface area (Å²) in [6, 6.07) is 11.6. The lowest BCUT2D eigenvalue weighted by Crippen LogP contribution is -2.47. The van der Waals surface area contributed by atoms with E-state index in [1.807, 2.05) is 6.07 Å². The molecule has 0 radical (unpaired) electrons. The van der Waals surface area contributed by atoms with Crippen molar-refractivity contribution in [1.29, 1.82) is 0 Å². The maximum absolute atomic E-state index is 13.3. The summed E-state index contributed by atoms with van der Waals surface area (Å²) in [4.78, 5) is 41.9. The molecule has 4 rings (SSSR count). The number of amides is 3. The summed E-state index contributed by atoms with van der Waals surface area (Å²) in [6.07, 6.45) is 6.43. The highest BCUT2D eigenvalue weighted by Gasteiger charge is 2.45. The normalized spacial score (nSPS) is 20.6. The fourth-order valence-electron chi connectivity index (χ4n) is 4.20. The van der Waals surface area contributed by atoms with Crippen LogP contribution in [0.15, 0.2) is 53.1 Å². The lowest BCUT2D eigenvalue weighted by atomic mass is 9.88. The number of hydrogen-bond donors (Lipinski definition) is 0. The van der Waals surface area contributed by atoms with Gasteiger partial charge < -0.3 is 9.32 Å². The summed E-state index contributed by atoms with van der Waals surface area (Å²) < 4.78 is 5.43. The number of furan rings is 1. The van der Waals surface area contributed by atoms with Crippen molar-refractivity contribution < 1.29 is 18.8 Å². The second-order valence-electron chi connectivity index (χ2n) is 7.50. The number of para-hydroxylation sites is 1. The van der Waals surface area contributed by atoms with Gasteiger partial charge in [0.2, 0.25) is 11.8 Å². The first kappa shape index (κ1) is 18.5. The minimum absolute atomic E-state index is 0.00684. The van der Waals surface area contributed by atoms with E-state index in [0.717, 1.165) is 32.1 Å². The van der Waals surface area contributed by atoms with E-state index in [0.29, 0.717) is 11.4 Å². The molecule has 6 nitrogen and oxygen atoms in total. The maximum atomic E-state index is 13.3. The van der Waals surface area contributed by atoms with Crippen molar-refractivity contribution in [2.45, 2.75) is 51.1 Å². The number of carbonyl (C=O) groups is 3. The average molecular weight is 380 g/mol. The topological polar surface area (TPSA) is 70.8 Å². The zero-order chi connectivity index (χ0) is 19.5. The van der Waals surface area contributed by atoms with Crippen LogP contribution in [0.3, 0.4) is 0 Å². The molecule has 1 aliphatic carbocycles. The van der Waals surface area contributed by atoms with Crippen LogP contribution in [0, 0.1) is 5.92 Å². The molecule has 1 unspecified atom stereocenters. The molecule has 0 N–H and O–H groups in total. The third-order valence-corrected chi connectivity index (χ3v) is 5.66. The van der Waals surface area contributed by atoms with E-state index in [-0.39, 0.29) is 36.6 Å². The molecule has 1 aromatic heterocycles. The molecular formula is C22H24N2O4. The first-order valence-electron chi connectivity index (χ1n) is 9.90. The van der Waals surface area contributed by atoms with Crippen molar-refractivity contribution in [2.24, 2.45) is 5.92 Å². The van der Waals surface area contributed by atoms with Gasteiger partial charge in [0.05, 0.1) is 24.9 Å². The maximum Gasteiger partial charge on any atom is 0.257 e. The molecule has 146 valence electrons. The van der Waals surface area contributed by atoms with Crippen molar-refractivity contribution in [3.8, 4) is 0 Å². The Hall–Kier alpha value is -2.89. The molecule has 2 heterocycles. The van der Waals surface area contributed by atoms with E-state index in [4.69, 9.17) is 4.42 Å². The second kappa shape index (κ2) is 8.00. The Balaban J connectivity index is 1.61. The summed E-state index contributed by atoms with van der Waals surface area (Å²) in [7, 11) is 0. The molecule has 3 amide bonds. The molecule has 6 heteroatoms. The quantitative estimate of drug-likeness (QED) is 0.744. The third kappa shape index (κ3) is 3.59. The van der Waals surface area contributed by atoms with Crippen LogP contribution < -0.4 is 4.90 Å². The van der Waals surface area contributed by atoms with Crippen LogP contribution in [0.2, 0.25) is 0 Å². The number of imide groups is 1. The lowest BCUT2D eigenvalue weighted by Gasteiger charge is -2.32.